The molecule has 0 aliphatic carbocycles. The van der Waals surface area contributed by atoms with Gasteiger partial charge in [0.1, 0.15) is 16.5 Å². The first-order valence-corrected chi connectivity index (χ1v) is 6.58. The molecule has 1 aromatic carbocycles. The molecule has 0 amide bonds. The Kier molecular flexibility index (Phi) is 2.41. The predicted octanol–water partition coefficient (Wildman–Crippen LogP) is 2.84. The minimum Gasteiger partial charge on any atom is -0.422 e. The second-order valence-corrected chi connectivity index (χ2v) is 4.79. The Morgan fingerprint density at radius 3 is 2.71 bits per heavy atom. The van der Waals surface area contributed by atoms with Gasteiger partial charge in [-0.15, -0.1) is 0 Å². The van der Waals surface area contributed by atoms with E-state index in [1.165, 1.54) is 0 Å². The zero-order chi connectivity index (χ0) is 14.4. The van der Waals surface area contributed by atoms with Crippen LogP contribution in [0.2, 0.25) is 0 Å². The van der Waals surface area contributed by atoms with E-state index in [1.807, 2.05) is 43.3 Å². The van der Waals surface area contributed by atoms with Crippen molar-refractivity contribution in [3.63, 3.8) is 0 Å². The fourth-order valence-corrected chi connectivity index (χ4v) is 2.54. The van der Waals surface area contributed by atoms with Crippen LogP contribution in [-0.2, 0) is 0 Å². The smallest absolute Gasteiger partial charge is 0.347 e. The molecule has 5 nitrogen and oxygen atoms in total. The lowest BCUT2D eigenvalue weighted by Gasteiger charge is -2.00. The molecule has 3 aromatic heterocycles. The number of aryl methyl sites for hydroxylation is 1. The number of fused-ring (bicyclic) bond motifs is 3. The van der Waals surface area contributed by atoms with Crippen molar-refractivity contribution in [3.8, 4) is 5.82 Å². The van der Waals surface area contributed by atoms with Crippen molar-refractivity contribution in [2.24, 2.45) is 0 Å². The minimum atomic E-state index is -0.372. The van der Waals surface area contributed by atoms with Crippen LogP contribution in [-0.4, -0.2) is 14.8 Å². The van der Waals surface area contributed by atoms with Gasteiger partial charge < -0.3 is 4.42 Å². The number of aromatic nitrogens is 3. The van der Waals surface area contributed by atoms with E-state index in [4.69, 9.17) is 4.42 Å². The van der Waals surface area contributed by atoms with Crippen LogP contribution >= 0.6 is 0 Å². The van der Waals surface area contributed by atoms with Crippen LogP contribution in [0.5, 0.6) is 0 Å². The number of rotatable bonds is 1. The third-order valence-electron chi connectivity index (χ3n) is 3.53. The van der Waals surface area contributed by atoms with Crippen LogP contribution in [0, 0.1) is 6.92 Å². The molecule has 4 aromatic rings. The SMILES string of the molecule is Cc1c2c(=O)oc3ccccc3c2nn1-c1ccccn1. The first kappa shape index (κ1) is 11.8. The van der Waals surface area contributed by atoms with Gasteiger partial charge in [0.15, 0.2) is 5.82 Å². The summed E-state index contributed by atoms with van der Waals surface area (Å²) in [5.41, 5.74) is 1.54. The molecule has 0 unspecified atom stereocenters. The van der Waals surface area contributed by atoms with Crippen molar-refractivity contribution in [2.75, 3.05) is 0 Å². The molecule has 102 valence electrons. The van der Waals surface area contributed by atoms with Crippen molar-refractivity contribution in [1.29, 1.82) is 0 Å². The van der Waals surface area contributed by atoms with Crippen LogP contribution in [0.4, 0.5) is 0 Å². The summed E-state index contributed by atoms with van der Waals surface area (Å²) < 4.78 is 7.05. The molecule has 0 bridgehead atoms. The summed E-state index contributed by atoms with van der Waals surface area (Å²) in [7, 11) is 0. The maximum absolute atomic E-state index is 12.2. The highest BCUT2D eigenvalue weighted by Crippen LogP contribution is 2.24. The molecule has 0 fully saturated rings. The molecule has 4 rings (SSSR count). The normalized spacial score (nSPS) is 11.3. The highest BCUT2D eigenvalue weighted by atomic mass is 16.4. The summed E-state index contributed by atoms with van der Waals surface area (Å²) in [5, 5.41) is 5.89. The maximum atomic E-state index is 12.2. The van der Waals surface area contributed by atoms with E-state index in [1.54, 1.807) is 16.9 Å². The van der Waals surface area contributed by atoms with Crippen LogP contribution in [0.3, 0.4) is 0 Å². The van der Waals surface area contributed by atoms with Gasteiger partial charge in [-0.2, -0.15) is 5.10 Å². The van der Waals surface area contributed by atoms with Crippen molar-refractivity contribution < 1.29 is 4.42 Å². The summed E-state index contributed by atoms with van der Waals surface area (Å²) in [6.45, 7) is 1.84. The molecule has 0 aliphatic heterocycles. The van der Waals surface area contributed by atoms with Gasteiger partial charge in [0.25, 0.3) is 0 Å². The number of hydrogen-bond acceptors (Lipinski definition) is 4. The van der Waals surface area contributed by atoms with Gasteiger partial charge in [0, 0.05) is 11.6 Å². The Bertz CT molecular complexity index is 1020. The first-order valence-electron chi connectivity index (χ1n) is 6.58. The summed E-state index contributed by atoms with van der Waals surface area (Å²) >= 11 is 0. The summed E-state index contributed by atoms with van der Waals surface area (Å²) in [4.78, 5) is 16.5. The Balaban J connectivity index is 2.18. The average Bonchev–Trinajstić information content (AvgIpc) is 2.87. The molecule has 5 heteroatoms. The van der Waals surface area contributed by atoms with E-state index in [0.29, 0.717) is 22.3 Å². The highest BCUT2D eigenvalue weighted by Gasteiger charge is 2.16. The predicted molar refractivity (Wildman–Crippen MR) is 79.6 cm³/mol. The van der Waals surface area contributed by atoms with Gasteiger partial charge in [0.05, 0.1) is 5.69 Å². The zero-order valence-electron chi connectivity index (χ0n) is 11.3. The zero-order valence-corrected chi connectivity index (χ0v) is 11.3. The van der Waals surface area contributed by atoms with Crippen LogP contribution in [0.25, 0.3) is 27.7 Å². The standard InChI is InChI=1S/C16H11N3O2/c1-10-14-15(18-19(10)13-8-4-5-9-17-13)11-6-2-3-7-12(11)21-16(14)20/h2-9H,1H3. The van der Waals surface area contributed by atoms with E-state index in [0.717, 1.165) is 11.1 Å². The third kappa shape index (κ3) is 1.67. The first-order chi connectivity index (χ1) is 10.3. The molecule has 0 spiro atoms. The second-order valence-electron chi connectivity index (χ2n) is 4.79. The van der Waals surface area contributed by atoms with Crippen LogP contribution < -0.4 is 5.63 Å². The second kappa shape index (κ2) is 4.28. The Labute approximate surface area is 119 Å². The van der Waals surface area contributed by atoms with Crippen molar-refractivity contribution in [2.45, 2.75) is 6.92 Å². The third-order valence-corrected chi connectivity index (χ3v) is 3.53. The molecule has 0 atom stereocenters. The van der Waals surface area contributed by atoms with E-state index >= 15 is 0 Å². The Morgan fingerprint density at radius 1 is 1.10 bits per heavy atom. The summed E-state index contributed by atoms with van der Waals surface area (Å²) in [5.74, 6) is 0.676. The van der Waals surface area contributed by atoms with Gasteiger partial charge >= 0.3 is 5.63 Å². The number of pyridine rings is 1. The van der Waals surface area contributed by atoms with Gasteiger partial charge in [-0.25, -0.2) is 14.5 Å². The monoisotopic (exact) mass is 277 g/mol. The lowest BCUT2D eigenvalue weighted by molar-refractivity contribution is 0.569. The summed E-state index contributed by atoms with van der Waals surface area (Å²) in [6.07, 6.45) is 1.70. The van der Waals surface area contributed by atoms with Crippen molar-refractivity contribution in [3.05, 3.63) is 64.8 Å². The van der Waals surface area contributed by atoms with E-state index < -0.39 is 0 Å². The minimum absolute atomic E-state index is 0.372. The molecule has 0 saturated heterocycles. The molecule has 0 aliphatic rings. The number of benzene rings is 1. The topological polar surface area (TPSA) is 60.9 Å². The fraction of sp³-hybridized carbons (Fsp3) is 0.0625. The van der Waals surface area contributed by atoms with Gasteiger partial charge in [-0.05, 0) is 31.2 Å². The summed E-state index contributed by atoms with van der Waals surface area (Å²) in [6, 6.07) is 13.0. The fourth-order valence-electron chi connectivity index (χ4n) is 2.54. The Morgan fingerprint density at radius 2 is 1.90 bits per heavy atom. The average molecular weight is 277 g/mol. The molecular formula is C16H11N3O2. The van der Waals surface area contributed by atoms with Crippen LogP contribution in [0.15, 0.2) is 57.9 Å². The van der Waals surface area contributed by atoms with Gasteiger partial charge in [-0.3, -0.25) is 0 Å². The van der Waals surface area contributed by atoms with Crippen molar-refractivity contribution >= 4 is 21.9 Å². The lowest BCUT2D eigenvalue weighted by atomic mass is 10.2. The number of para-hydroxylation sites is 1. The quantitative estimate of drug-likeness (QED) is 0.502. The van der Waals surface area contributed by atoms with Crippen LogP contribution in [0.1, 0.15) is 5.69 Å². The molecule has 0 saturated carbocycles. The molecular weight excluding hydrogens is 266 g/mol. The lowest BCUT2D eigenvalue weighted by Crippen LogP contribution is -2.02. The largest absolute Gasteiger partial charge is 0.422 e. The highest BCUT2D eigenvalue weighted by molar-refractivity contribution is 6.02. The number of hydrogen-bond donors (Lipinski definition) is 0. The molecule has 21 heavy (non-hydrogen) atoms. The number of nitrogens with zero attached hydrogens (tertiary/aromatic N) is 3. The van der Waals surface area contributed by atoms with E-state index in [9.17, 15) is 4.79 Å². The Hall–Kier alpha value is -2.95. The van der Waals surface area contributed by atoms with Crippen molar-refractivity contribution in [1.82, 2.24) is 14.8 Å². The van der Waals surface area contributed by atoms with E-state index in [-0.39, 0.29) is 5.63 Å². The van der Waals surface area contributed by atoms with Gasteiger partial charge in [-0.1, -0.05) is 18.2 Å². The molecule has 0 N–H and O–H groups in total. The van der Waals surface area contributed by atoms with E-state index in [2.05, 4.69) is 10.1 Å². The molecule has 3 heterocycles. The molecule has 0 radical (unpaired) electrons. The van der Waals surface area contributed by atoms with Gasteiger partial charge in [0.2, 0.25) is 0 Å². The maximum Gasteiger partial charge on any atom is 0.347 e.